The van der Waals surface area contributed by atoms with Crippen molar-refractivity contribution in [2.45, 2.75) is 12.2 Å². The Bertz CT molecular complexity index is 843. The van der Waals surface area contributed by atoms with Crippen LogP contribution < -0.4 is 0 Å². The van der Waals surface area contributed by atoms with Crippen LogP contribution in [0.3, 0.4) is 0 Å². The third-order valence-corrected chi connectivity index (χ3v) is 3.98. The lowest BCUT2D eigenvalue weighted by Gasteiger charge is -2.06. The average molecular weight is 271 g/mol. The molecule has 2 nitrogen and oxygen atoms in total. The van der Waals surface area contributed by atoms with E-state index in [0.717, 1.165) is 16.3 Å². The fourth-order valence-corrected chi connectivity index (χ4v) is 2.95. The number of ether oxygens (including phenoxy) is 1. The standard InChI is InChI=1S/C19H13NO/c20-12-15-10-4-8-13-9-5-11-16(17(13)15)19-18(21-19)14-6-2-1-3-7-14/h1-11,18-19H. The van der Waals surface area contributed by atoms with Gasteiger partial charge in [0.2, 0.25) is 0 Å². The van der Waals surface area contributed by atoms with E-state index in [9.17, 15) is 5.26 Å². The van der Waals surface area contributed by atoms with Crippen molar-refractivity contribution in [1.29, 1.82) is 5.26 Å². The Hall–Kier alpha value is -2.63. The maximum atomic E-state index is 9.35. The van der Waals surface area contributed by atoms with Crippen molar-refractivity contribution in [2.75, 3.05) is 0 Å². The first-order valence-electron chi connectivity index (χ1n) is 7.00. The minimum absolute atomic E-state index is 0.0469. The van der Waals surface area contributed by atoms with E-state index in [1.807, 2.05) is 48.5 Å². The van der Waals surface area contributed by atoms with Crippen molar-refractivity contribution in [1.82, 2.24) is 0 Å². The highest BCUT2D eigenvalue weighted by Gasteiger charge is 2.42. The maximum absolute atomic E-state index is 9.35. The summed E-state index contributed by atoms with van der Waals surface area (Å²) in [6.07, 6.45) is 0.147. The van der Waals surface area contributed by atoms with E-state index in [-0.39, 0.29) is 12.2 Å². The van der Waals surface area contributed by atoms with Crippen molar-refractivity contribution in [2.24, 2.45) is 0 Å². The number of nitrogens with zero attached hydrogens (tertiary/aromatic N) is 1. The first-order valence-corrected chi connectivity index (χ1v) is 7.00. The molecule has 1 heterocycles. The highest BCUT2D eigenvalue weighted by Crippen LogP contribution is 2.52. The zero-order valence-electron chi connectivity index (χ0n) is 11.4. The molecule has 0 aromatic heterocycles. The fourth-order valence-electron chi connectivity index (χ4n) is 2.95. The molecule has 0 spiro atoms. The number of rotatable bonds is 2. The average Bonchev–Trinajstić information content (AvgIpc) is 3.35. The first-order chi connectivity index (χ1) is 10.4. The summed E-state index contributed by atoms with van der Waals surface area (Å²) in [7, 11) is 0. The lowest BCUT2D eigenvalue weighted by Crippen LogP contribution is -1.89. The van der Waals surface area contributed by atoms with E-state index in [0.29, 0.717) is 5.56 Å². The van der Waals surface area contributed by atoms with Gasteiger partial charge in [0.15, 0.2) is 0 Å². The summed E-state index contributed by atoms with van der Waals surface area (Å²) in [6.45, 7) is 0. The lowest BCUT2D eigenvalue weighted by molar-refractivity contribution is 0.378. The van der Waals surface area contributed by atoms with Gasteiger partial charge in [-0.1, -0.05) is 60.7 Å². The van der Waals surface area contributed by atoms with Crippen molar-refractivity contribution in [3.63, 3.8) is 0 Å². The molecule has 1 fully saturated rings. The van der Waals surface area contributed by atoms with Gasteiger partial charge in [0, 0.05) is 5.39 Å². The largest absolute Gasteiger partial charge is 0.359 e. The summed E-state index contributed by atoms with van der Waals surface area (Å²) in [5, 5.41) is 11.5. The Kier molecular flexibility index (Phi) is 2.73. The van der Waals surface area contributed by atoms with Gasteiger partial charge in [-0.3, -0.25) is 0 Å². The van der Waals surface area contributed by atoms with Gasteiger partial charge in [-0.2, -0.15) is 5.26 Å². The van der Waals surface area contributed by atoms with Crippen LogP contribution in [0.2, 0.25) is 0 Å². The molecule has 0 saturated carbocycles. The molecule has 3 aromatic carbocycles. The summed E-state index contributed by atoms with van der Waals surface area (Å²) in [5.41, 5.74) is 3.01. The van der Waals surface area contributed by atoms with Crippen LogP contribution >= 0.6 is 0 Å². The van der Waals surface area contributed by atoms with Crippen molar-refractivity contribution in [3.05, 3.63) is 83.4 Å². The number of hydrogen-bond acceptors (Lipinski definition) is 2. The summed E-state index contributed by atoms with van der Waals surface area (Å²) in [4.78, 5) is 0. The Balaban J connectivity index is 1.81. The van der Waals surface area contributed by atoms with Gasteiger partial charge >= 0.3 is 0 Å². The van der Waals surface area contributed by atoms with Crippen LogP contribution in [0.4, 0.5) is 0 Å². The molecular weight excluding hydrogens is 258 g/mol. The Labute approximate surface area is 123 Å². The van der Waals surface area contributed by atoms with E-state index in [1.165, 1.54) is 5.56 Å². The quantitative estimate of drug-likeness (QED) is 0.642. The molecular formula is C19H13NO. The fraction of sp³-hybridized carbons (Fsp3) is 0.105. The van der Waals surface area contributed by atoms with Crippen LogP contribution in [-0.4, -0.2) is 0 Å². The van der Waals surface area contributed by atoms with Gasteiger partial charge in [-0.05, 0) is 22.6 Å². The molecule has 2 heteroatoms. The predicted octanol–water partition coefficient (Wildman–Crippen LogP) is 4.52. The number of benzene rings is 3. The van der Waals surface area contributed by atoms with Crippen molar-refractivity contribution in [3.8, 4) is 6.07 Å². The van der Waals surface area contributed by atoms with E-state index < -0.39 is 0 Å². The molecule has 21 heavy (non-hydrogen) atoms. The first kappa shape index (κ1) is 12.1. The Morgan fingerprint density at radius 1 is 0.810 bits per heavy atom. The monoisotopic (exact) mass is 271 g/mol. The van der Waals surface area contributed by atoms with Crippen molar-refractivity contribution < 1.29 is 4.74 Å². The van der Waals surface area contributed by atoms with E-state index in [4.69, 9.17) is 4.74 Å². The van der Waals surface area contributed by atoms with Crippen LogP contribution in [0.15, 0.2) is 66.7 Å². The Morgan fingerprint density at radius 3 is 2.33 bits per heavy atom. The second-order valence-corrected chi connectivity index (χ2v) is 5.25. The number of hydrogen-bond donors (Lipinski definition) is 0. The third kappa shape index (κ3) is 1.99. The normalized spacial score (nSPS) is 20.1. The number of epoxide rings is 1. The molecule has 4 rings (SSSR count). The topological polar surface area (TPSA) is 36.3 Å². The molecule has 0 radical (unpaired) electrons. The summed E-state index contributed by atoms with van der Waals surface area (Å²) in [6, 6.07) is 24.5. The van der Waals surface area contributed by atoms with Crippen LogP contribution in [0.1, 0.15) is 28.9 Å². The summed E-state index contributed by atoms with van der Waals surface area (Å²) in [5.74, 6) is 0. The second-order valence-electron chi connectivity index (χ2n) is 5.25. The zero-order valence-corrected chi connectivity index (χ0v) is 11.4. The van der Waals surface area contributed by atoms with E-state index in [1.54, 1.807) is 0 Å². The number of nitriles is 1. The van der Waals surface area contributed by atoms with Gasteiger partial charge in [0.25, 0.3) is 0 Å². The molecule has 2 atom stereocenters. The van der Waals surface area contributed by atoms with Crippen LogP contribution in [0.25, 0.3) is 10.8 Å². The highest BCUT2D eigenvalue weighted by atomic mass is 16.6. The van der Waals surface area contributed by atoms with Gasteiger partial charge < -0.3 is 4.74 Å². The molecule has 1 aliphatic heterocycles. The van der Waals surface area contributed by atoms with E-state index in [2.05, 4.69) is 24.3 Å². The lowest BCUT2D eigenvalue weighted by atomic mass is 9.95. The van der Waals surface area contributed by atoms with Gasteiger partial charge in [0.05, 0.1) is 11.6 Å². The minimum atomic E-state index is 0.0469. The van der Waals surface area contributed by atoms with Gasteiger partial charge in [-0.25, -0.2) is 0 Å². The SMILES string of the molecule is N#Cc1cccc2cccc(C3OC3c3ccccc3)c12. The maximum Gasteiger partial charge on any atom is 0.114 e. The van der Waals surface area contributed by atoms with Crippen molar-refractivity contribution >= 4 is 10.8 Å². The molecule has 0 aliphatic carbocycles. The molecule has 3 aromatic rings. The number of fused-ring (bicyclic) bond motifs is 1. The smallest absolute Gasteiger partial charge is 0.114 e. The molecule has 1 aliphatic rings. The Morgan fingerprint density at radius 2 is 1.57 bits per heavy atom. The molecule has 0 amide bonds. The third-order valence-electron chi connectivity index (χ3n) is 3.98. The molecule has 0 N–H and O–H groups in total. The van der Waals surface area contributed by atoms with Crippen LogP contribution in [-0.2, 0) is 4.74 Å². The van der Waals surface area contributed by atoms with Gasteiger partial charge in [-0.15, -0.1) is 0 Å². The summed E-state index contributed by atoms with van der Waals surface area (Å²) < 4.78 is 5.89. The summed E-state index contributed by atoms with van der Waals surface area (Å²) >= 11 is 0. The minimum Gasteiger partial charge on any atom is -0.359 e. The molecule has 2 unspecified atom stereocenters. The van der Waals surface area contributed by atoms with E-state index >= 15 is 0 Å². The van der Waals surface area contributed by atoms with Crippen LogP contribution in [0.5, 0.6) is 0 Å². The molecule has 0 bridgehead atoms. The predicted molar refractivity (Wildman–Crippen MR) is 81.7 cm³/mol. The van der Waals surface area contributed by atoms with Crippen LogP contribution in [0, 0.1) is 11.3 Å². The molecule has 100 valence electrons. The van der Waals surface area contributed by atoms with Gasteiger partial charge in [0.1, 0.15) is 12.2 Å². The highest BCUT2D eigenvalue weighted by molar-refractivity contribution is 5.91. The zero-order chi connectivity index (χ0) is 14.2. The molecule has 1 saturated heterocycles. The second kappa shape index (κ2) is 4.73.